The number of imidazole rings is 1. The summed E-state index contributed by atoms with van der Waals surface area (Å²) in [5.41, 5.74) is 3.16. The van der Waals surface area contributed by atoms with Crippen LogP contribution in [0.4, 0.5) is 0 Å². The third-order valence-corrected chi connectivity index (χ3v) is 5.13. The average Bonchev–Trinajstić information content (AvgIpc) is 2.92. The first-order chi connectivity index (χ1) is 13.3. The van der Waals surface area contributed by atoms with E-state index in [4.69, 9.17) is 4.99 Å². The predicted molar refractivity (Wildman–Crippen MR) is 128 cm³/mol. The summed E-state index contributed by atoms with van der Waals surface area (Å²) in [6.45, 7) is 10.3. The summed E-state index contributed by atoms with van der Waals surface area (Å²) in [7, 11) is 0. The van der Waals surface area contributed by atoms with E-state index in [9.17, 15) is 0 Å². The van der Waals surface area contributed by atoms with E-state index in [2.05, 4.69) is 51.0 Å². The standard InChI is InChI=1S/C21H34N6.HI/c1-3-22-21(23-12-9-15-26-13-6-4-5-7-14-26)24-16-19-17-27-18(2)10-8-11-20(27)25-19;/h8,10-11,17H,3-7,9,12-16H2,1-2H3,(H2,22,23,24);1H. The molecule has 0 atom stereocenters. The van der Waals surface area contributed by atoms with Crippen molar-refractivity contribution >= 4 is 35.6 Å². The van der Waals surface area contributed by atoms with Gasteiger partial charge in [-0.2, -0.15) is 0 Å². The molecule has 2 N–H and O–H groups in total. The molecule has 2 aromatic heterocycles. The number of aromatic nitrogens is 2. The topological polar surface area (TPSA) is 57.0 Å². The van der Waals surface area contributed by atoms with Crippen LogP contribution in [0.3, 0.4) is 0 Å². The molecule has 6 nitrogen and oxygen atoms in total. The Morgan fingerprint density at radius 1 is 1.14 bits per heavy atom. The van der Waals surface area contributed by atoms with Crippen molar-refractivity contribution in [1.82, 2.24) is 24.9 Å². The Balaban J connectivity index is 0.00000280. The second kappa shape index (κ2) is 12.3. The van der Waals surface area contributed by atoms with Gasteiger partial charge in [0.25, 0.3) is 0 Å². The first-order valence-electron chi connectivity index (χ1n) is 10.4. The molecule has 2 aromatic rings. The molecular formula is C21H35IN6. The fraction of sp³-hybridized carbons (Fsp3) is 0.619. The number of hydrogen-bond donors (Lipinski definition) is 2. The molecule has 7 heteroatoms. The molecule has 156 valence electrons. The molecule has 0 spiro atoms. The van der Waals surface area contributed by atoms with Crippen LogP contribution in [0, 0.1) is 6.92 Å². The van der Waals surface area contributed by atoms with Crippen LogP contribution in [0.2, 0.25) is 0 Å². The van der Waals surface area contributed by atoms with Crippen LogP contribution in [-0.4, -0.2) is 53.0 Å². The average molecular weight is 498 g/mol. The molecule has 1 aliphatic rings. The van der Waals surface area contributed by atoms with Crippen molar-refractivity contribution < 1.29 is 0 Å². The maximum atomic E-state index is 4.71. The fourth-order valence-electron chi connectivity index (χ4n) is 3.65. The van der Waals surface area contributed by atoms with Crippen molar-refractivity contribution in [2.24, 2.45) is 4.99 Å². The van der Waals surface area contributed by atoms with Gasteiger partial charge in [0.2, 0.25) is 0 Å². The number of halogens is 1. The van der Waals surface area contributed by atoms with Crippen molar-refractivity contribution in [3.63, 3.8) is 0 Å². The SMILES string of the molecule is CCNC(=NCc1cn2c(C)cccc2n1)NCCCN1CCCCCC1.I. The largest absolute Gasteiger partial charge is 0.357 e. The van der Waals surface area contributed by atoms with Crippen LogP contribution in [0.1, 0.15) is 50.4 Å². The van der Waals surface area contributed by atoms with E-state index in [1.165, 1.54) is 51.0 Å². The number of nitrogens with one attached hydrogen (secondary N) is 2. The summed E-state index contributed by atoms with van der Waals surface area (Å²) >= 11 is 0. The van der Waals surface area contributed by atoms with Crippen LogP contribution in [0.25, 0.3) is 5.65 Å². The Kier molecular flexibility index (Phi) is 10.0. The number of aryl methyl sites for hydroxylation is 1. The summed E-state index contributed by atoms with van der Waals surface area (Å²) < 4.78 is 2.12. The normalized spacial score (nSPS) is 15.9. The molecule has 0 aliphatic carbocycles. The number of aliphatic imine (C=N–C) groups is 1. The van der Waals surface area contributed by atoms with Crippen LogP contribution in [0.5, 0.6) is 0 Å². The lowest BCUT2D eigenvalue weighted by atomic mass is 10.2. The number of nitrogens with zero attached hydrogens (tertiary/aromatic N) is 4. The zero-order valence-corrected chi connectivity index (χ0v) is 19.6. The van der Waals surface area contributed by atoms with Crippen LogP contribution >= 0.6 is 24.0 Å². The summed E-state index contributed by atoms with van der Waals surface area (Å²) in [4.78, 5) is 12.0. The minimum atomic E-state index is 0. The van der Waals surface area contributed by atoms with Gasteiger partial charge in [0.15, 0.2) is 5.96 Å². The summed E-state index contributed by atoms with van der Waals surface area (Å²) in [6, 6.07) is 6.17. The second-order valence-corrected chi connectivity index (χ2v) is 7.36. The molecule has 1 aliphatic heterocycles. The van der Waals surface area contributed by atoms with Gasteiger partial charge in [-0.1, -0.05) is 18.9 Å². The number of guanidine groups is 1. The van der Waals surface area contributed by atoms with E-state index in [1.807, 2.05) is 12.1 Å². The first-order valence-corrected chi connectivity index (χ1v) is 10.4. The first kappa shape index (κ1) is 22.9. The highest BCUT2D eigenvalue weighted by molar-refractivity contribution is 14.0. The second-order valence-electron chi connectivity index (χ2n) is 7.36. The van der Waals surface area contributed by atoms with Gasteiger partial charge in [-0.15, -0.1) is 24.0 Å². The molecule has 0 amide bonds. The number of rotatable bonds is 7. The van der Waals surface area contributed by atoms with E-state index in [-0.39, 0.29) is 24.0 Å². The Hall–Kier alpha value is -1.35. The molecule has 0 saturated carbocycles. The number of pyridine rings is 1. The Bertz CT molecular complexity index is 734. The van der Waals surface area contributed by atoms with Crippen LogP contribution < -0.4 is 10.6 Å². The molecule has 0 unspecified atom stereocenters. The van der Waals surface area contributed by atoms with Crippen molar-refractivity contribution in [2.45, 2.75) is 52.5 Å². The van der Waals surface area contributed by atoms with Gasteiger partial charge in [-0.05, 0) is 64.9 Å². The van der Waals surface area contributed by atoms with Gasteiger partial charge in [0.1, 0.15) is 5.65 Å². The summed E-state index contributed by atoms with van der Waals surface area (Å²) in [5, 5.41) is 6.81. The third kappa shape index (κ3) is 6.92. The highest BCUT2D eigenvalue weighted by Crippen LogP contribution is 2.10. The van der Waals surface area contributed by atoms with E-state index >= 15 is 0 Å². The van der Waals surface area contributed by atoms with Gasteiger partial charge in [-0.25, -0.2) is 9.98 Å². The van der Waals surface area contributed by atoms with Crippen LogP contribution in [-0.2, 0) is 6.54 Å². The van der Waals surface area contributed by atoms with Gasteiger partial charge < -0.3 is 19.9 Å². The molecule has 3 heterocycles. The molecule has 0 bridgehead atoms. The number of likely N-dealkylation sites (tertiary alicyclic amines) is 1. The monoisotopic (exact) mass is 498 g/mol. The zero-order valence-electron chi connectivity index (χ0n) is 17.3. The predicted octanol–water partition coefficient (Wildman–Crippen LogP) is 3.58. The summed E-state index contributed by atoms with van der Waals surface area (Å²) in [6.07, 6.45) is 8.74. The molecule has 28 heavy (non-hydrogen) atoms. The zero-order chi connectivity index (χ0) is 18.9. The van der Waals surface area contributed by atoms with Gasteiger partial charge in [0.05, 0.1) is 12.2 Å². The Morgan fingerprint density at radius 3 is 2.64 bits per heavy atom. The van der Waals surface area contributed by atoms with Gasteiger partial charge >= 0.3 is 0 Å². The van der Waals surface area contributed by atoms with E-state index in [0.29, 0.717) is 6.54 Å². The van der Waals surface area contributed by atoms with Crippen molar-refractivity contribution in [3.05, 3.63) is 35.8 Å². The lowest BCUT2D eigenvalue weighted by molar-refractivity contribution is 0.282. The highest BCUT2D eigenvalue weighted by Gasteiger charge is 2.08. The smallest absolute Gasteiger partial charge is 0.191 e. The maximum absolute atomic E-state index is 4.71. The van der Waals surface area contributed by atoms with Gasteiger partial charge in [-0.3, -0.25) is 0 Å². The molecule has 3 rings (SSSR count). The maximum Gasteiger partial charge on any atom is 0.191 e. The van der Waals surface area contributed by atoms with Crippen molar-refractivity contribution in [2.75, 3.05) is 32.7 Å². The molecule has 0 radical (unpaired) electrons. The van der Waals surface area contributed by atoms with E-state index < -0.39 is 0 Å². The Morgan fingerprint density at radius 2 is 1.93 bits per heavy atom. The minimum absolute atomic E-state index is 0. The minimum Gasteiger partial charge on any atom is -0.357 e. The van der Waals surface area contributed by atoms with Crippen LogP contribution in [0.15, 0.2) is 29.4 Å². The lowest BCUT2D eigenvalue weighted by Crippen LogP contribution is -2.39. The Labute approximate surface area is 186 Å². The van der Waals surface area contributed by atoms with Crippen molar-refractivity contribution in [3.8, 4) is 0 Å². The fourth-order valence-corrected chi connectivity index (χ4v) is 3.65. The molecule has 0 aromatic carbocycles. The van der Waals surface area contributed by atoms with E-state index in [1.54, 1.807) is 0 Å². The number of hydrogen-bond acceptors (Lipinski definition) is 3. The number of fused-ring (bicyclic) bond motifs is 1. The quantitative estimate of drug-likeness (QED) is 0.265. The third-order valence-electron chi connectivity index (χ3n) is 5.13. The molecular weight excluding hydrogens is 463 g/mol. The molecule has 1 saturated heterocycles. The summed E-state index contributed by atoms with van der Waals surface area (Å²) in [5.74, 6) is 0.877. The molecule has 1 fully saturated rings. The van der Waals surface area contributed by atoms with Gasteiger partial charge in [0, 0.05) is 25.0 Å². The van der Waals surface area contributed by atoms with Crippen molar-refractivity contribution in [1.29, 1.82) is 0 Å². The van der Waals surface area contributed by atoms with E-state index in [0.717, 1.165) is 36.8 Å². The lowest BCUT2D eigenvalue weighted by Gasteiger charge is -2.20. The highest BCUT2D eigenvalue weighted by atomic mass is 127.